The minimum Gasteiger partial charge on any atom is -0.466 e. The van der Waals surface area contributed by atoms with E-state index in [1.165, 1.54) is 51.4 Å². The van der Waals surface area contributed by atoms with Gasteiger partial charge in [-0.15, -0.1) is 0 Å². The second-order valence-corrected chi connectivity index (χ2v) is 6.17. The summed E-state index contributed by atoms with van der Waals surface area (Å²) in [5.74, 6) is -0.0862. The van der Waals surface area contributed by atoms with Crippen molar-refractivity contribution in [3.8, 4) is 0 Å². The van der Waals surface area contributed by atoms with Crippen LogP contribution >= 0.6 is 0 Å². The molecule has 2 heteroatoms. The molecule has 0 rings (SSSR count). The van der Waals surface area contributed by atoms with Crippen LogP contribution in [0.15, 0.2) is 36.5 Å². The normalized spacial score (nSPS) is 11.9. The van der Waals surface area contributed by atoms with Gasteiger partial charge in [-0.05, 0) is 39.0 Å². The van der Waals surface area contributed by atoms with Gasteiger partial charge in [0.05, 0.1) is 6.61 Å². The first-order chi connectivity index (χ1) is 11.8. The van der Waals surface area contributed by atoms with Crippen LogP contribution in [0, 0.1) is 0 Å². The Labute approximate surface area is 150 Å². The molecule has 0 amide bonds. The van der Waals surface area contributed by atoms with Gasteiger partial charge in [-0.25, -0.2) is 0 Å². The fourth-order valence-corrected chi connectivity index (χ4v) is 2.44. The lowest BCUT2D eigenvalue weighted by Gasteiger charge is -1.98. The molecule has 0 saturated carbocycles. The molecular formula is C22H38O2. The standard InChI is InChI=1S/C22H38O2/c1-3-5-6-7-8-9-10-11-12-13-14-15-16-17-18-19-20-21-22(23)24-4-2/h12-15,17-18H,3-11,16,19-21H2,1-2H3. The smallest absolute Gasteiger partial charge is 0.305 e. The van der Waals surface area contributed by atoms with Crippen LogP contribution in [0.2, 0.25) is 0 Å². The van der Waals surface area contributed by atoms with Crippen molar-refractivity contribution in [2.24, 2.45) is 0 Å². The molecule has 0 heterocycles. The highest BCUT2D eigenvalue weighted by atomic mass is 16.5. The average Bonchev–Trinajstić information content (AvgIpc) is 2.58. The van der Waals surface area contributed by atoms with Crippen molar-refractivity contribution in [1.29, 1.82) is 0 Å². The van der Waals surface area contributed by atoms with E-state index in [1.807, 2.05) is 6.92 Å². The molecule has 0 atom stereocenters. The van der Waals surface area contributed by atoms with E-state index in [0.717, 1.165) is 19.3 Å². The first-order valence-electron chi connectivity index (χ1n) is 9.93. The monoisotopic (exact) mass is 334 g/mol. The number of hydrogen-bond donors (Lipinski definition) is 0. The van der Waals surface area contributed by atoms with Gasteiger partial charge >= 0.3 is 5.97 Å². The van der Waals surface area contributed by atoms with Crippen molar-refractivity contribution in [2.75, 3.05) is 6.61 Å². The van der Waals surface area contributed by atoms with Gasteiger partial charge in [0.1, 0.15) is 0 Å². The van der Waals surface area contributed by atoms with E-state index in [2.05, 4.69) is 43.4 Å². The first kappa shape index (κ1) is 22.7. The lowest BCUT2D eigenvalue weighted by Crippen LogP contribution is -2.02. The van der Waals surface area contributed by atoms with Crippen LogP contribution in [0.1, 0.15) is 90.9 Å². The fraction of sp³-hybridized carbons (Fsp3) is 0.682. The van der Waals surface area contributed by atoms with Crippen molar-refractivity contribution >= 4 is 5.97 Å². The third kappa shape index (κ3) is 18.7. The van der Waals surface area contributed by atoms with Gasteiger partial charge in [-0.1, -0.05) is 81.9 Å². The van der Waals surface area contributed by atoms with E-state index in [9.17, 15) is 4.79 Å². The molecule has 0 aromatic carbocycles. The van der Waals surface area contributed by atoms with Crippen LogP contribution in [0.3, 0.4) is 0 Å². The molecule has 138 valence electrons. The van der Waals surface area contributed by atoms with Crippen molar-refractivity contribution in [3.63, 3.8) is 0 Å². The zero-order chi connectivity index (χ0) is 17.7. The van der Waals surface area contributed by atoms with E-state index in [1.54, 1.807) is 0 Å². The average molecular weight is 335 g/mol. The Morgan fingerprint density at radius 3 is 2.17 bits per heavy atom. The summed E-state index contributed by atoms with van der Waals surface area (Å²) in [6, 6.07) is 0. The van der Waals surface area contributed by atoms with E-state index in [0.29, 0.717) is 13.0 Å². The maximum Gasteiger partial charge on any atom is 0.305 e. The van der Waals surface area contributed by atoms with Crippen molar-refractivity contribution in [2.45, 2.75) is 90.9 Å². The number of hydrogen-bond acceptors (Lipinski definition) is 2. The summed E-state index contributed by atoms with van der Waals surface area (Å²) >= 11 is 0. The Balaban J connectivity index is 3.35. The molecule has 0 unspecified atom stereocenters. The lowest BCUT2D eigenvalue weighted by molar-refractivity contribution is -0.143. The number of allylic oxidation sites excluding steroid dienone is 6. The number of rotatable bonds is 16. The molecule has 24 heavy (non-hydrogen) atoms. The molecule has 0 bridgehead atoms. The Bertz CT molecular complexity index is 353. The largest absolute Gasteiger partial charge is 0.466 e. The van der Waals surface area contributed by atoms with Crippen LogP contribution in [-0.4, -0.2) is 12.6 Å². The predicted molar refractivity (Wildman–Crippen MR) is 105 cm³/mol. The molecule has 0 aromatic rings. The Morgan fingerprint density at radius 2 is 1.42 bits per heavy atom. The first-order valence-corrected chi connectivity index (χ1v) is 9.93. The zero-order valence-electron chi connectivity index (χ0n) is 16.0. The van der Waals surface area contributed by atoms with Crippen LogP contribution in [-0.2, 0) is 9.53 Å². The number of ether oxygens (including phenoxy) is 1. The molecule has 0 N–H and O–H groups in total. The van der Waals surface area contributed by atoms with Gasteiger partial charge < -0.3 is 4.74 Å². The van der Waals surface area contributed by atoms with Gasteiger partial charge in [-0.3, -0.25) is 4.79 Å². The summed E-state index contributed by atoms with van der Waals surface area (Å²) in [5, 5.41) is 0. The van der Waals surface area contributed by atoms with E-state index >= 15 is 0 Å². The summed E-state index contributed by atoms with van der Waals surface area (Å²) in [4.78, 5) is 11.1. The fourth-order valence-electron chi connectivity index (χ4n) is 2.44. The van der Waals surface area contributed by atoms with E-state index < -0.39 is 0 Å². The van der Waals surface area contributed by atoms with Crippen molar-refractivity contribution in [3.05, 3.63) is 36.5 Å². The maximum atomic E-state index is 11.1. The van der Waals surface area contributed by atoms with Crippen molar-refractivity contribution < 1.29 is 9.53 Å². The molecule has 0 aromatic heterocycles. The molecule has 0 spiro atoms. The van der Waals surface area contributed by atoms with Gasteiger partial charge in [0, 0.05) is 6.42 Å². The zero-order valence-corrected chi connectivity index (χ0v) is 16.0. The number of carbonyl (C=O) groups excluding carboxylic acids is 1. The summed E-state index contributed by atoms with van der Waals surface area (Å²) < 4.78 is 4.89. The van der Waals surface area contributed by atoms with E-state index in [-0.39, 0.29) is 5.97 Å². The Kier molecular flexibility index (Phi) is 18.7. The van der Waals surface area contributed by atoms with Gasteiger partial charge in [0.25, 0.3) is 0 Å². The maximum absolute atomic E-state index is 11.1. The molecule has 0 fully saturated rings. The lowest BCUT2D eigenvalue weighted by atomic mass is 10.1. The highest BCUT2D eigenvalue weighted by Crippen LogP contribution is 2.08. The SMILES string of the molecule is CCCCCCCCCC=CC=CCC=CCCCC(=O)OCC. The minimum atomic E-state index is -0.0862. The third-order valence-corrected chi connectivity index (χ3v) is 3.85. The van der Waals surface area contributed by atoms with Crippen LogP contribution in [0.4, 0.5) is 0 Å². The molecular weight excluding hydrogens is 296 g/mol. The van der Waals surface area contributed by atoms with Gasteiger partial charge in [0.15, 0.2) is 0 Å². The molecule has 0 radical (unpaired) electrons. The quantitative estimate of drug-likeness (QED) is 0.132. The Hall–Kier alpha value is -1.31. The summed E-state index contributed by atoms with van der Waals surface area (Å²) in [7, 11) is 0. The second-order valence-electron chi connectivity index (χ2n) is 6.17. The summed E-state index contributed by atoms with van der Waals surface area (Å²) in [5.41, 5.74) is 0. The van der Waals surface area contributed by atoms with Crippen molar-refractivity contribution in [1.82, 2.24) is 0 Å². The summed E-state index contributed by atoms with van der Waals surface area (Å²) in [6.07, 6.45) is 27.1. The molecule has 0 aliphatic heterocycles. The van der Waals surface area contributed by atoms with Gasteiger partial charge in [-0.2, -0.15) is 0 Å². The molecule has 0 saturated heterocycles. The molecule has 0 aliphatic carbocycles. The van der Waals surface area contributed by atoms with E-state index in [4.69, 9.17) is 4.74 Å². The van der Waals surface area contributed by atoms with Crippen LogP contribution < -0.4 is 0 Å². The molecule has 2 nitrogen and oxygen atoms in total. The summed E-state index contributed by atoms with van der Waals surface area (Å²) in [6.45, 7) is 4.58. The van der Waals surface area contributed by atoms with Crippen LogP contribution in [0.25, 0.3) is 0 Å². The third-order valence-electron chi connectivity index (χ3n) is 3.85. The topological polar surface area (TPSA) is 26.3 Å². The molecule has 0 aliphatic rings. The number of carbonyl (C=O) groups is 1. The van der Waals surface area contributed by atoms with Gasteiger partial charge in [0.2, 0.25) is 0 Å². The second kappa shape index (κ2) is 19.7. The highest BCUT2D eigenvalue weighted by molar-refractivity contribution is 5.69. The Morgan fingerprint density at radius 1 is 0.750 bits per heavy atom. The number of esters is 1. The van der Waals surface area contributed by atoms with Crippen LogP contribution in [0.5, 0.6) is 0 Å². The highest BCUT2D eigenvalue weighted by Gasteiger charge is 1.98. The number of unbranched alkanes of at least 4 members (excludes halogenated alkanes) is 8. The minimum absolute atomic E-state index is 0.0862. The predicted octanol–water partition coefficient (Wildman–Crippen LogP) is 6.92.